The minimum Gasteiger partial charge on any atom is -0.482 e. The summed E-state index contributed by atoms with van der Waals surface area (Å²) < 4.78 is 22.7. The molecule has 1 atom stereocenters. The number of fused-ring (bicyclic) bond motifs is 7. The number of ether oxygens (including phenoxy) is 1. The average Bonchev–Trinajstić information content (AvgIpc) is 3.27. The molecule has 1 aliphatic rings. The Hall–Kier alpha value is -4.60. The van der Waals surface area contributed by atoms with Crippen LogP contribution in [0.1, 0.15) is 30.0 Å². The third kappa shape index (κ3) is 2.88. The molecule has 4 aromatic rings. The molecule has 0 amide bonds. The minimum atomic E-state index is -0.737. The first kappa shape index (κ1) is 19.4. The lowest BCUT2D eigenvalue weighted by Gasteiger charge is -2.21. The molecule has 12 nitrogen and oxygen atoms in total. The fraction of sp³-hybridized carbons (Fsp3) is 0.211. The molecule has 1 aromatic carbocycles. The Balaban J connectivity index is 1.86. The van der Waals surface area contributed by atoms with Crippen molar-refractivity contribution >= 4 is 5.82 Å². The third-order valence-corrected chi connectivity index (χ3v) is 5.16. The van der Waals surface area contributed by atoms with Gasteiger partial charge in [-0.1, -0.05) is 5.10 Å². The number of benzene rings is 1. The molecule has 2 bridgehead atoms. The summed E-state index contributed by atoms with van der Waals surface area (Å²) in [6.07, 6.45) is -0.737. The number of hydrogen-bond donors (Lipinski definition) is 1. The van der Waals surface area contributed by atoms with Crippen LogP contribution in [-0.4, -0.2) is 39.8 Å². The molecule has 0 fully saturated rings. The number of tetrazole rings is 1. The van der Waals surface area contributed by atoms with Crippen molar-refractivity contribution in [1.82, 2.24) is 39.8 Å². The maximum atomic E-state index is 14.1. The molecule has 0 spiro atoms. The first-order valence-electron chi connectivity index (χ1n) is 9.46. The van der Waals surface area contributed by atoms with Gasteiger partial charge in [0.1, 0.15) is 35.9 Å². The van der Waals surface area contributed by atoms with Gasteiger partial charge in [0.25, 0.3) is 0 Å². The fourth-order valence-corrected chi connectivity index (χ4v) is 3.72. The van der Waals surface area contributed by atoms with Crippen LogP contribution < -0.4 is 16.2 Å². The summed E-state index contributed by atoms with van der Waals surface area (Å²) in [5, 5.41) is 29.7. The van der Waals surface area contributed by atoms with Crippen LogP contribution in [0.2, 0.25) is 0 Å². The van der Waals surface area contributed by atoms with Crippen molar-refractivity contribution in [3.63, 3.8) is 0 Å². The lowest BCUT2D eigenvalue weighted by atomic mass is 10.1. The van der Waals surface area contributed by atoms with E-state index in [9.17, 15) is 14.4 Å². The topological polar surface area (TPSA) is 155 Å². The predicted molar refractivity (Wildman–Crippen MR) is 107 cm³/mol. The Labute approximate surface area is 179 Å². The van der Waals surface area contributed by atoms with Crippen molar-refractivity contribution in [3.8, 4) is 28.8 Å². The molecular formula is C19H15FN10O2. The normalized spacial score (nSPS) is 14.8. The average molecular weight is 434 g/mol. The van der Waals surface area contributed by atoms with Crippen LogP contribution in [0.15, 0.2) is 29.1 Å². The molecule has 0 radical (unpaired) electrons. The molecular weight excluding hydrogens is 419 g/mol. The van der Waals surface area contributed by atoms with Crippen LogP contribution in [0.25, 0.3) is 16.9 Å². The van der Waals surface area contributed by atoms with Gasteiger partial charge in [-0.05, 0) is 30.3 Å². The summed E-state index contributed by atoms with van der Waals surface area (Å²) in [6.45, 7) is 1.66. The van der Waals surface area contributed by atoms with E-state index in [2.05, 4.69) is 31.7 Å². The van der Waals surface area contributed by atoms with Crippen LogP contribution in [0.3, 0.4) is 0 Å². The van der Waals surface area contributed by atoms with E-state index in [1.165, 1.54) is 32.4 Å². The van der Waals surface area contributed by atoms with Crippen molar-refractivity contribution in [2.75, 3.05) is 5.73 Å². The summed E-state index contributed by atoms with van der Waals surface area (Å²) in [4.78, 5) is 13.9. The highest BCUT2D eigenvalue weighted by Crippen LogP contribution is 2.34. The number of anilines is 1. The van der Waals surface area contributed by atoms with Gasteiger partial charge in [-0.2, -0.15) is 19.8 Å². The Morgan fingerprint density at radius 2 is 2.09 bits per heavy atom. The first-order valence-corrected chi connectivity index (χ1v) is 9.46. The van der Waals surface area contributed by atoms with Gasteiger partial charge in [-0.3, -0.25) is 4.68 Å². The number of aryl methyl sites for hydroxylation is 1. The molecule has 13 heteroatoms. The lowest BCUT2D eigenvalue weighted by molar-refractivity contribution is 0.226. The van der Waals surface area contributed by atoms with E-state index in [0.717, 1.165) is 0 Å². The molecule has 2 N–H and O–H groups in total. The zero-order valence-electron chi connectivity index (χ0n) is 16.9. The molecule has 32 heavy (non-hydrogen) atoms. The highest BCUT2D eigenvalue weighted by molar-refractivity contribution is 5.70. The van der Waals surface area contributed by atoms with Crippen molar-refractivity contribution in [2.45, 2.75) is 19.6 Å². The largest absolute Gasteiger partial charge is 0.482 e. The van der Waals surface area contributed by atoms with Gasteiger partial charge in [-0.25, -0.2) is 9.18 Å². The van der Waals surface area contributed by atoms with Gasteiger partial charge in [0.2, 0.25) is 0 Å². The van der Waals surface area contributed by atoms with Crippen molar-refractivity contribution < 1.29 is 9.13 Å². The number of nitrogens with zero attached hydrogens (tertiary/aromatic N) is 9. The van der Waals surface area contributed by atoms with Crippen molar-refractivity contribution in [1.29, 1.82) is 5.26 Å². The number of nitriles is 1. The van der Waals surface area contributed by atoms with E-state index in [1.807, 2.05) is 0 Å². The maximum Gasteiger partial charge on any atom is 0.388 e. The molecule has 0 saturated heterocycles. The van der Waals surface area contributed by atoms with Crippen LogP contribution in [0, 0.1) is 17.1 Å². The van der Waals surface area contributed by atoms with Crippen molar-refractivity contribution in [2.24, 2.45) is 7.05 Å². The second-order valence-electron chi connectivity index (χ2n) is 7.16. The molecule has 3 aromatic heterocycles. The zero-order chi connectivity index (χ0) is 22.6. The predicted octanol–water partition coefficient (Wildman–Crippen LogP) is 0.714. The first-order chi connectivity index (χ1) is 15.4. The SMILES string of the molecule is C[C@H]1Oc2cc(nnc2N)-c2c(nn(C)c2C#N)Cn2nnc(=O)n2-c2ccc(F)cc21. The molecule has 0 unspecified atom stereocenters. The highest BCUT2D eigenvalue weighted by atomic mass is 19.1. The van der Waals surface area contributed by atoms with Gasteiger partial charge in [0.05, 0.1) is 16.9 Å². The van der Waals surface area contributed by atoms with E-state index in [0.29, 0.717) is 28.2 Å². The molecule has 1 aliphatic heterocycles. The zero-order valence-corrected chi connectivity index (χ0v) is 16.9. The fourth-order valence-electron chi connectivity index (χ4n) is 3.72. The molecule has 0 saturated carbocycles. The van der Waals surface area contributed by atoms with E-state index in [4.69, 9.17) is 10.5 Å². The summed E-state index contributed by atoms with van der Waals surface area (Å²) in [5.74, 6) is -0.301. The Morgan fingerprint density at radius 3 is 2.88 bits per heavy atom. The number of halogens is 1. The molecule has 0 aliphatic carbocycles. The van der Waals surface area contributed by atoms with Crippen LogP contribution in [0.5, 0.6) is 5.75 Å². The smallest absolute Gasteiger partial charge is 0.388 e. The second-order valence-corrected chi connectivity index (χ2v) is 7.16. The van der Waals surface area contributed by atoms with Gasteiger partial charge in [0.15, 0.2) is 11.6 Å². The maximum absolute atomic E-state index is 14.1. The highest BCUT2D eigenvalue weighted by Gasteiger charge is 2.26. The van der Waals surface area contributed by atoms with Crippen LogP contribution in [-0.2, 0) is 13.6 Å². The van der Waals surface area contributed by atoms with E-state index < -0.39 is 17.6 Å². The number of rotatable bonds is 0. The van der Waals surface area contributed by atoms with Gasteiger partial charge in [0, 0.05) is 18.7 Å². The quantitative estimate of drug-likeness (QED) is 0.421. The van der Waals surface area contributed by atoms with E-state index in [-0.39, 0.29) is 23.8 Å². The summed E-state index contributed by atoms with van der Waals surface area (Å²) in [6, 6.07) is 7.59. The monoisotopic (exact) mass is 434 g/mol. The van der Waals surface area contributed by atoms with Gasteiger partial charge in [-0.15, -0.1) is 10.2 Å². The van der Waals surface area contributed by atoms with Crippen LogP contribution >= 0.6 is 0 Å². The van der Waals surface area contributed by atoms with Gasteiger partial charge < -0.3 is 10.5 Å². The summed E-state index contributed by atoms with van der Waals surface area (Å²) >= 11 is 0. The Kier molecular flexibility index (Phi) is 4.22. The number of hydrogen-bond acceptors (Lipinski definition) is 9. The number of nitrogen functional groups attached to an aromatic ring is 1. The van der Waals surface area contributed by atoms with E-state index in [1.54, 1.807) is 20.0 Å². The summed E-state index contributed by atoms with van der Waals surface area (Å²) in [7, 11) is 1.61. The molecule has 160 valence electrons. The third-order valence-electron chi connectivity index (χ3n) is 5.16. The van der Waals surface area contributed by atoms with Crippen LogP contribution in [0.4, 0.5) is 10.2 Å². The Bertz CT molecular complexity index is 1480. The number of aromatic nitrogens is 8. The molecule has 5 rings (SSSR count). The van der Waals surface area contributed by atoms with Gasteiger partial charge >= 0.3 is 5.69 Å². The standard InChI is InChI=1S/C19H15FN10O2/c1-9-11-5-10(20)3-4-14(11)30-19(31)25-27-29(30)8-13-17(15(7-21)28(2)26-13)12-6-16(32-9)18(22)24-23-12/h3-6,9H,8H2,1-2H3,(H2,22,24)/t9-/m1/s1. The van der Waals surface area contributed by atoms with E-state index >= 15 is 0 Å². The summed E-state index contributed by atoms with van der Waals surface area (Å²) in [5.41, 5.74) is 7.32. The minimum absolute atomic E-state index is 0.0171. The number of nitrogens with two attached hydrogens (primary N) is 1. The lowest BCUT2D eigenvalue weighted by Crippen LogP contribution is -2.25. The van der Waals surface area contributed by atoms with Crippen molar-refractivity contribution in [3.05, 3.63) is 57.5 Å². The Morgan fingerprint density at radius 1 is 1.28 bits per heavy atom. The second kappa shape index (κ2) is 6.98. The molecule has 4 heterocycles.